The molecule has 4 heteroatoms. The molecule has 4 aliphatic rings. The van der Waals surface area contributed by atoms with Crippen molar-refractivity contribution in [3.05, 3.63) is 23.8 Å². The van der Waals surface area contributed by atoms with Crippen LogP contribution in [0.1, 0.15) is 57.9 Å². The molecule has 148 valence electrons. The summed E-state index contributed by atoms with van der Waals surface area (Å²) < 4.78 is 22.7. The number of rotatable bonds is 9. The van der Waals surface area contributed by atoms with Crippen molar-refractivity contribution >= 4 is 0 Å². The normalized spacial score (nSPS) is 37.9. The van der Waals surface area contributed by atoms with Gasteiger partial charge in [-0.3, -0.25) is 0 Å². The molecule has 4 fully saturated rings. The first-order valence-corrected chi connectivity index (χ1v) is 10.7. The van der Waals surface area contributed by atoms with Gasteiger partial charge in [-0.25, -0.2) is 0 Å². The third-order valence-corrected chi connectivity index (χ3v) is 8.01. The fourth-order valence-corrected chi connectivity index (χ4v) is 7.20. The second kappa shape index (κ2) is 6.66. The van der Waals surface area contributed by atoms with Gasteiger partial charge >= 0.3 is 0 Å². The Balaban J connectivity index is 1.44. The van der Waals surface area contributed by atoms with Gasteiger partial charge in [-0.2, -0.15) is 0 Å². The van der Waals surface area contributed by atoms with E-state index < -0.39 is 0 Å². The molecule has 0 aromatic heterocycles. The first kappa shape index (κ1) is 17.8. The number of benzene rings is 1. The molecule has 0 aliphatic heterocycles. The van der Waals surface area contributed by atoms with Crippen LogP contribution in [0.25, 0.3) is 0 Å². The van der Waals surface area contributed by atoms with Crippen molar-refractivity contribution in [2.45, 2.75) is 57.8 Å². The highest BCUT2D eigenvalue weighted by Crippen LogP contribution is 2.79. The fraction of sp³-hybridized carbons (Fsp3) is 0.739. The van der Waals surface area contributed by atoms with Crippen LogP contribution in [0.5, 0.6) is 11.5 Å². The largest absolute Gasteiger partial charge is 0.467 e. The summed E-state index contributed by atoms with van der Waals surface area (Å²) in [5.74, 6) is 4.64. The molecule has 0 heterocycles. The highest BCUT2D eigenvalue weighted by molar-refractivity contribution is 5.48. The van der Waals surface area contributed by atoms with Gasteiger partial charge in [0.25, 0.3) is 0 Å². The molecular weight excluding hydrogens is 340 g/mol. The van der Waals surface area contributed by atoms with E-state index in [4.69, 9.17) is 18.9 Å². The van der Waals surface area contributed by atoms with E-state index in [0.717, 1.165) is 29.3 Å². The summed E-state index contributed by atoms with van der Waals surface area (Å²) in [5.41, 5.74) is 2.37. The van der Waals surface area contributed by atoms with Crippen molar-refractivity contribution in [3.63, 3.8) is 0 Å². The van der Waals surface area contributed by atoms with Gasteiger partial charge in [-0.1, -0.05) is 6.07 Å². The standard InChI is InChI=1S/C23H32O4/c1-3-24-14-26-19-5-6-20(21(9-19)27-15-25-4-2)22-10-16-7-17-8-18(12-22)23(17,11-16)13-22/h5-6,9,16-18H,3-4,7-8,10-15H2,1-2H3. The van der Waals surface area contributed by atoms with Crippen LogP contribution in [-0.4, -0.2) is 26.8 Å². The van der Waals surface area contributed by atoms with E-state index in [2.05, 4.69) is 12.1 Å². The van der Waals surface area contributed by atoms with E-state index >= 15 is 0 Å². The number of hydrogen-bond donors (Lipinski definition) is 0. The van der Waals surface area contributed by atoms with Gasteiger partial charge in [0.2, 0.25) is 0 Å². The van der Waals surface area contributed by atoms with Crippen molar-refractivity contribution in [1.82, 2.24) is 0 Å². The zero-order valence-electron chi connectivity index (χ0n) is 16.7. The Bertz CT molecular complexity index is 700. The Morgan fingerprint density at radius 1 is 0.926 bits per heavy atom. The summed E-state index contributed by atoms with van der Waals surface area (Å²) in [5, 5.41) is 0. The molecule has 4 nitrogen and oxygen atoms in total. The molecular formula is C23H32O4. The summed E-state index contributed by atoms with van der Waals surface area (Å²) in [6.07, 6.45) is 8.51. The summed E-state index contributed by atoms with van der Waals surface area (Å²) in [4.78, 5) is 0. The Hall–Kier alpha value is -1.26. The number of fused-ring (bicyclic) bond motifs is 2. The maximum absolute atomic E-state index is 6.12. The Morgan fingerprint density at radius 3 is 2.56 bits per heavy atom. The van der Waals surface area contributed by atoms with Crippen molar-refractivity contribution < 1.29 is 18.9 Å². The van der Waals surface area contributed by atoms with Crippen LogP contribution in [0.2, 0.25) is 0 Å². The maximum Gasteiger partial charge on any atom is 0.189 e. The molecule has 0 N–H and O–H groups in total. The predicted octanol–water partition coefficient (Wildman–Crippen LogP) is 4.90. The Morgan fingerprint density at radius 2 is 1.74 bits per heavy atom. The van der Waals surface area contributed by atoms with Crippen LogP contribution in [0.4, 0.5) is 0 Å². The van der Waals surface area contributed by atoms with Crippen LogP contribution < -0.4 is 9.47 Å². The molecule has 5 unspecified atom stereocenters. The van der Waals surface area contributed by atoms with Crippen molar-refractivity contribution in [2.24, 2.45) is 23.2 Å². The average Bonchev–Trinajstić information content (AvgIpc) is 2.98. The van der Waals surface area contributed by atoms with Crippen LogP contribution in [0.15, 0.2) is 18.2 Å². The van der Waals surface area contributed by atoms with Gasteiger partial charge in [0.1, 0.15) is 11.5 Å². The van der Waals surface area contributed by atoms with Gasteiger partial charge < -0.3 is 18.9 Å². The minimum absolute atomic E-state index is 0.279. The molecule has 1 spiro atoms. The smallest absolute Gasteiger partial charge is 0.189 e. The van der Waals surface area contributed by atoms with Gasteiger partial charge in [0.15, 0.2) is 13.6 Å². The summed E-state index contributed by atoms with van der Waals surface area (Å²) in [6.45, 7) is 5.87. The maximum atomic E-state index is 6.12. The van der Waals surface area contributed by atoms with Crippen molar-refractivity contribution in [2.75, 3.05) is 26.8 Å². The second-order valence-corrected chi connectivity index (χ2v) is 9.20. The molecule has 5 rings (SSSR count). The molecule has 4 aliphatic carbocycles. The summed E-state index contributed by atoms with van der Waals surface area (Å²) in [7, 11) is 0. The summed E-state index contributed by atoms with van der Waals surface area (Å²) >= 11 is 0. The molecule has 5 atom stereocenters. The lowest BCUT2D eigenvalue weighted by molar-refractivity contribution is -0.000517. The highest BCUT2D eigenvalue weighted by atomic mass is 16.7. The monoisotopic (exact) mass is 372 g/mol. The lowest BCUT2D eigenvalue weighted by Gasteiger charge is -2.49. The van der Waals surface area contributed by atoms with Gasteiger partial charge in [-0.15, -0.1) is 0 Å². The lowest BCUT2D eigenvalue weighted by Crippen LogP contribution is -2.42. The van der Waals surface area contributed by atoms with Crippen molar-refractivity contribution in [3.8, 4) is 11.5 Å². The van der Waals surface area contributed by atoms with Gasteiger partial charge in [-0.05, 0) is 81.6 Å². The zero-order chi connectivity index (χ0) is 18.5. The van der Waals surface area contributed by atoms with Gasteiger partial charge in [0, 0.05) is 30.3 Å². The average molecular weight is 373 g/mol. The first-order chi connectivity index (χ1) is 13.2. The van der Waals surface area contributed by atoms with E-state index in [0.29, 0.717) is 30.8 Å². The van der Waals surface area contributed by atoms with E-state index in [-0.39, 0.29) is 6.79 Å². The topological polar surface area (TPSA) is 36.9 Å². The third kappa shape index (κ3) is 2.71. The van der Waals surface area contributed by atoms with Crippen LogP contribution in [0.3, 0.4) is 0 Å². The van der Waals surface area contributed by atoms with Crippen molar-refractivity contribution in [1.29, 1.82) is 0 Å². The molecule has 0 radical (unpaired) electrons. The molecule has 3 bridgehead atoms. The van der Waals surface area contributed by atoms with Gasteiger partial charge in [0.05, 0.1) is 0 Å². The Kier molecular flexibility index (Phi) is 4.40. The van der Waals surface area contributed by atoms with Crippen LogP contribution in [-0.2, 0) is 14.9 Å². The molecule has 0 saturated heterocycles. The van der Waals surface area contributed by atoms with E-state index in [9.17, 15) is 0 Å². The number of ether oxygens (including phenoxy) is 4. The Labute approximate surface area is 162 Å². The van der Waals surface area contributed by atoms with Crippen LogP contribution in [0, 0.1) is 23.2 Å². The first-order valence-electron chi connectivity index (χ1n) is 10.7. The molecule has 27 heavy (non-hydrogen) atoms. The van der Waals surface area contributed by atoms with E-state index in [1.807, 2.05) is 19.9 Å². The second-order valence-electron chi connectivity index (χ2n) is 9.20. The minimum Gasteiger partial charge on any atom is -0.467 e. The van der Waals surface area contributed by atoms with E-state index in [1.165, 1.54) is 44.1 Å². The zero-order valence-corrected chi connectivity index (χ0v) is 16.7. The predicted molar refractivity (Wildman–Crippen MR) is 103 cm³/mol. The highest BCUT2D eigenvalue weighted by Gasteiger charge is 2.71. The molecule has 4 saturated carbocycles. The quantitative estimate of drug-likeness (QED) is 0.456. The van der Waals surface area contributed by atoms with E-state index in [1.54, 1.807) is 0 Å². The fourth-order valence-electron chi connectivity index (χ4n) is 7.20. The molecule has 1 aromatic carbocycles. The summed E-state index contributed by atoms with van der Waals surface area (Å²) in [6, 6.07) is 6.42. The lowest BCUT2D eigenvalue weighted by atomic mass is 9.55. The molecule has 1 aromatic rings. The third-order valence-electron chi connectivity index (χ3n) is 8.01. The van der Waals surface area contributed by atoms with Crippen LogP contribution >= 0.6 is 0 Å². The molecule has 0 amide bonds. The number of hydrogen-bond acceptors (Lipinski definition) is 4. The minimum atomic E-state index is 0.279. The SMILES string of the molecule is CCOCOc1ccc(C23CC4CC5CC(C2)C5(C4)C3)c(OCOCC)c1.